The van der Waals surface area contributed by atoms with E-state index in [2.05, 4.69) is 21.2 Å². The van der Waals surface area contributed by atoms with E-state index in [-0.39, 0.29) is 18.1 Å². The van der Waals surface area contributed by atoms with E-state index in [9.17, 15) is 9.18 Å². The predicted molar refractivity (Wildman–Crippen MR) is 70.0 cm³/mol. The highest BCUT2D eigenvalue weighted by atomic mass is 79.9. The maximum Gasteiger partial charge on any atom is 0.251 e. The number of halogens is 2. The van der Waals surface area contributed by atoms with Crippen molar-refractivity contribution in [1.29, 1.82) is 0 Å². The van der Waals surface area contributed by atoms with Gasteiger partial charge in [-0.3, -0.25) is 4.79 Å². The Morgan fingerprint density at radius 2 is 2.28 bits per heavy atom. The fourth-order valence-corrected chi connectivity index (χ4v) is 2.21. The minimum absolute atomic E-state index is 0.140. The van der Waals surface area contributed by atoms with Crippen molar-refractivity contribution in [2.24, 2.45) is 0 Å². The number of nitrogens with one attached hydrogen (secondary N) is 1. The van der Waals surface area contributed by atoms with Gasteiger partial charge in [0.25, 0.3) is 5.91 Å². The zero-order valence-corrected chi connectivity index (χ0v) is 11.7. The molecule has 0 radical (unpaired) electrons. The van der Waals surface area contributed by atoms with Crippen LogP contribution in [0.3, 0.4) is 0 Å². The van der Waals surface area contributed by atoms with Crippen LogP contribution >= 0.6 is 15.9 Å². The van der Waals surface area contributed by atoms with Gasteiger partial charge in [-0.15, -0.1) is 0 Å². The topological polar surface area (TPSA) is 38.3 Å². The number of benzene rings is 1. The lowest BCUT2D eigenvalue weighted by Gasteiger charge is -2.35. The van der Waals surface area contributed by atoms with E-state index >= 15 is 0 Å². The van der Waals surface area contributed by atoms with Gasteiger partial charge in [0.1, 0.15) is 5.82 Å². The normalized spacial score (nSPS) is 22.4. The smallest absolute Gasteiger partial charge is 0.251 e. The van der Waals surface area contributed by atoms with E-state index in [4.69, 9.17) is 4.74 Å². The summed E-state index contributed by atoms with van der Waals surface area (Å²) in [4.78, 5) is 11.8. The lowest BCUT2D eigenvalue weighted by Crippen LogP contribution is -2.47. The van der Waals surface area contributed by atoms with Crippen LogP contribution in [-0.4, -0.2) is 24.7 Å². The molecule has 1 saturated carbocycles. The fourth-order valence-electron chi connectivity index (χ4n) is 1.96. The summed E-state index contributed by atoms with van der Waals surface area (Å²) in [5, 5.41) is 2.87. The lowest BCUT2D eigenvalue weighted by molar-refractivity contribution is -0.00863. The van der Waals surface area contributed by atoms with Gasteiger partial charge in [-0.2, -0.15) is 0 Å². The van der Waals surface area contributed by atoms with Crippen LogP contribution in [0.15, 0.2) is 22.7 Å². The number of ether oxygens (including phenoxy) is 1. The standard InChI is InChI=1S/C13H15BrFNO2/c1-2-18-10-6-9(7-10)16-13(17)8-3-4-11(14)12(15)5-8/h3-5,9-10H,2,6-7H2,1H3,(H,16,17). The molecule has 1 fully saturated rings. The first kappa shape index (κ1) is 13.5. The molecule has 0 saturated heterocycles. The molecule has 0 heterocycles. The number of hydrogen-bond donors (Lipinski definition) is 1. The van der Waals surface area contributed by atoms with Crippen molar-refractivity contribution in [2.45, 2.75) is 31.9 Å². The summed E-state index contributed by atoms with van der Waals surface area (Å²) in [6.45, 7) is 2.65. The Morgan fingerprint density at radius 1 is 1.56 bits per heavy atom. The van der Waals surface area contributed by atoms with Crippen LogP contribution in [-0.2, 0) is 4.74 Å². The van der Waals surface area contributed by atoms with Crippen molar-refractivity contribution in [3.05, 3.63) is 34.1 Å². The van der Waals surface area contributed by atoms with Gasteiger partial charge in [-0.05, 0) is 53.9 Å². The van der Waals surface area contributed by atoms with Gasteiger partial charge < -0.3 is 10.1 Å². The molecule has 1 aromatic rings. The molecule has 98 valence electrons. The van der Waals surface area contributed by atoms with Crippen molar-refractivity contribution in [3.8, 4) is 0 Å². The number of hydrogen-bond acceptors (Lipinski definition) is 2. The minimum atomic E-state index is -0.427. The largest absolute Gasteiger partial charge is 0.378 e. The molecule has 1 amide bonds. The molecule has 0 unspecified atom stereocenters. The van der Waals surface area contributed by atoms with Crippen LogP contribution in [0.25, 0.3) is 0 Å². The maximum absolute atomic E-state index is 13.3. The summed E-state index contributed by atoms with van der Waals surface area (Å²) in [5.41, 5.74) is 0.343. The van der Waals surface area contributed by atoms with Gasteiger partial charge in [0.15, 0.2) is 0 Å². The average Bonchev–Trinajstić information content (AvgIpc) is 2.30. The Hall–Kier alpha value is -0.940. The Kier molecular flexibility index (Phi) is 4.35. The second-order valence-corrected chi connectivity index (χ2v) is 5.20. The maximum atomic E-state index is 13.3. The lowest BCUT2D eigenvalue weighted by atomic mass is 9.89. The molecule has 0 aromatic heterocycles. The van der Waals surface area contributed by atoms with Crippen LogP contribution < -0.4 is 5.32 Å². The predicted octanol–water partition coefficient (Wildman–Crippen LogP) is 2.89. The zero-order valence-electron chi connectivity index (χ0n) is 10.1. The molecule has 5 heteroatoms. The first-order valence-corrected chi connectivity index (χ1v) is 6.77. The third-order valence-electron chi connectivity index (χ3n) is 3.01. The van der Waals surface area contributed by atoms with Gasteiger partial charge in [0.2, 0.25) is 0 Å². The molecular weight excluding hydrogens is 301 g/mol. The zero-order chi connectivity index (χ0) is 13.1. The highest BCUT2D eigenvalue weighted by Gasteiger charge is 2.30. The molecule has 0 spiro atoms. The number of amides is 1. The number of rotatable bonds is 4. The van der Waals surface area contributed by atoms with Gasteiger partial charge >= 0.3 is 0 Å². The monoisotopic (exact) mass is 315 g/mol. The van der Waals surface area contributed by atoms with Crippen LogP contribution in [0.1, 0.15) is 30.1 Å². The number of carbonyl (C=O) groups is 1. The summed E-state index contributed by atoms with van der Waals surface area (Å²) in [6.07, 6.45) is 1.92. The van der Waals surface area contributed by atoms with Crippen LogP contribution in [0.4, 0.5) is 4.39 Å². The Balaban J connectivity index is 1.87. The van der Waals surface area contributed by atoms with E-state index < -0.39 is 5.82 Å². The molecular formula is C13H15BrFNO2. The molecule has 3 nitrogen and oxygen atoms in total. The molecule has 0 bridgehead atoms. The average molecular weight is 316 g/mol. The van der Waals surface area contributed by atoms with Crippen molar-refractivity contribution < 1.29 is 13.9 Å². The van der Waals surface area contributed by atoms with E-state index in [1.54, 1.807) is 6.07 Å². The highest BCUT2D eigenvalue weighted by molar-refractivity contribution is 9.10. The molecule has 0 atom stereocenters. The Labute approximate surface area is 114 Å². The molecule has 1 aliphatic rings. The first-order chi connectivity index (χ1) is 8.60. The van der Waals surface area contributed by atoms with E-state index in [0.29, 0.717) is 16.6 Å². The second kappa shape index (κ2) is 5.80. The van der Waals surface area contributed by atoms with Crippen LogP contribution in [0.5, 0.6) is 0 Å². The summed E-state index contributed by atoms with van der Waals surface area (Å²) < 4.78 is 19.1. The number of carbonyl (C=O) groups excluding carboxylic acids is 1. The second-order valence-electron chi connectivity index (χ2n) is 4.35. The molecule has 0 aliphatic heterocycles. The van der Waals surface area contributed by atoms with Gasteiger partial charge in [0, 0.05) is 18.2 Å². The van der Waals surface area contributed by atoms with Gasteiger partial charge in [0.05, 0.1) is 10.6 Å². The SMILES string of the molecule is CCOC1CC(NC(=O)c2ccc(Br)c(F)c2)C1. The summed E-state index contributed by atoms with van der Waals surface area (Å²) in [6, 6.07) is 4.51. The van der Waals surface area contributed by atoms with Gasteiger partial charge in [-0.25, -0.2) is 4.39 Å². The highest BCUT2D eigenvalue weighted by Crippen LogP contribution is 2.24. The van der Waals surface area contributed by atoms with E-state index in [1.165, 1.54) is 12.1 Å². The molecule has 1 aromatic carbocycles. The molecule has 1 N–H and O–H groups in total. The first-order valence-electron chi connectivity index (χ1n) is 5.97. The van der Waals surface area contributed by atoms with Crippen molar-refractivity contribution in [2.75, 3.05) is 6.61 Å². The van der Waals surface area contributed by atoms with E-state index in [0.717, 1.165) is 12.8 Å². The molecule has 2 rings (SSSR count). The van der Waals surface area contributed by atoms with Crippen molar-refractivity contribution >= 4 is 21.8 Å². The molecule has 18 heavy (non-hydrogen) atoms. The van der Waals surface area contributed by atoms with Crippen molar-refractivity contribution in [1.82, 2.24) is 5.32 Å². The van der Waals surface area contributed by atoms with Crippen molar-refractivity contribution in [3.63, 3.8) is 0 Å². The van der Waals surface area contributed by atoms with Gasteiger partial charge in [-0.1, -0.05) is 0 Å². The van der Waals surface area contributed by atoms with E-state index in [1.807, 2.05) is 6.92 Å². The summed E-state index contributed by atoms with van der Waals surface area (Å²) >= 11 is 3.06. The Morgan fingerprint density at radius 3 is 2.89 bits per heavy atom. The third kappa shape index (κ3) is 3.09. The van der Waals surface area contributed by atoms with Crippen LogP contribution in [0.2, 0.25) is 0 Å². The fraction of sp³-hybridized carbons (Fsp3) is 0.462. The quantitative estimate of drug-likeness (QED) is 0.927. The minimum Gasteiger partial charge on any atom is -0.378 e. The molecule has 1 aliphatic carbocycles. The summed E-state index contributed by atoms with van der Waals surface area (Å²) in [7, 11) is 0. The third-order valence-corrected chi connectivity index (χ3v) is 3.66. The Bertz CT molecular complexity index is 447. The summed E-state index contributed by atoms with van der Waals surface area (Å²) in [5.74, 6) is -0.662. The van der Waals surface area contributed by atoms with Crippen LogP contribution in [0, 0.1) is 5.82 Å².